The Morgan fingerprint density at radius 1 is 1.09 bits per heavy atom. The summed E-state index contributed by atoms with van der Waals surface area (Å²) in [5, 5.41) is 11.0. The summed E-state index contributed by atoms with van der Waals surface area (Å²) in [5.41, 5.74) is 3.44. The second-order valence-corrected chi connectivity index (χ2v) is 8.41. The molecule has 4 aliphatic rings. The molecule has 0 aromatic heterocycles. The predicted octanol–water partition coefficient (Wildman–Crippen LogP) is 3.97. The zero-order chi connectivity index (χ0) is 16.2. The smallest absolute Gasteiger partial charge is 0.128 e. The maximum absolute atomic E-state index is 11.0. The topological polar surface area (TPSA) is 35.8 Å². The molecule has 0 unspecified atom stereocenters. The number of hydrogen-bond donors (Lipinski definition) is 1. The van der Waals surface area contributed by atoms with E-state index < -0.39 is 0 Å². The second kappa shape index (κ2) is 5.25. The van der Waals surface area contributed by atoms with E-state index in [4.69, 9.17) is 0 Å². The van der Waals surface area contributed by atoms with Gasteiger partial charge in [0.15, 0.2) is 0 Å². The van der Waals surface area contributed by atoms with Gasteiger partial charge in [0.2, 0.25) is 0 Å². The van der Waals surface area contributed by atoms with Crippen LogP contribution in [-0.2, 0) is 5.41 Å². The lowest BCUT2D eigenvalue weighted by atomic mass is 9.48. The van der Waals surface area contributed by atoms with Gasteiger partial charge in [-0.25, -0.2) is 0 Å². The van der Waals surface area contributed by atoms with Crippen LogP contribution in [0.25, 0.3) is 0 Å². The van der Waals surface area contributed by atoms with Gasteiger partial charge in [-0.15, -0.1) is 0 Å². The lowest BCUT2D eigenvalue weighted by molar-refractivity contribution is -0.00612. The fourth-order valence-corrected chi connectivity index (χ4v) is 5.98. The van der Waals surface area contributed by atoms with Crippen molar-refractivity contribution < 1.29 is 5.11 Å². The van der Waals surface area contributed by atoms with Gasteiger partial charge in [0.05, 0.1) is 0 Å². The number of phenolic OH excluding ortho intramolecular Hbond substituents is 1. The highest BCUT2D eigenvalue weighted by Gasteiger charge is 2.52. The van der Waals surface area contributed by atoms with Gasteiger partial charge in [-0.05, 0) is 73.8 Å². The molecule has 0 aliphatic heterocycles. The molecule has 5 rings (SSSR count). The van der Waals surface area contributed by atoms with Crippen LogP contribution in [0.2, 0.25) is 0 Å². The first kappa shape index (κ1) is 15.0. The number of rotatable bonds is 3. The number of phenols is 1. The van der Waals surface area contributed by atoms with Crippen molar-refractivity contribution in [3.8, 4) is 5.75 Å². The van der Waals surface area contributed by atoms with Crippen molar-refractivity contribution in [2.45, 2.75) is 43.9 Å². The van der Waals surface area contributed by atoms with Crippen LogP contribution >= 0.6 is 0 Å². The predicted molar refractivity (Wildman–Crippen MR) is 95.8 cm³/mol. The molecule has 0 atom stereocenters. The molecule has 4 saturated carbocycles. The molecule has 23 heavy (non-hydrogen) atoms. The van der Waals surface area contributed by atoms with Crippen molar-refractivity contribution in [2.75, 3.05) is 26.0 Å². The maximum Gasteiger partial charge on any atom is 0.128 e. The van der Waals surface area contributed by atoms with Crippen LogP contribution in [0.15, 0.2) is 17.1 Å². The molecule has 1 aromatic carbocycles. The van der Waals surface area contributed by atoms with Gasteiger partial charge in [-0.1, -0.05) is 0 Å². The summed E-state index contributed by atoms with van der Waals surface area (Å²) in [6.07, 6.45) is 9.89. The van der Waals surface area contributed by atoms with E-state index in [0.29, 0.717) is 5.75 Å². The number of benzene rings is 1. The monoisotopic (exact) mass is 312 g/mol. The van der Waals surface area contributed by atoms with Crippen LogP contribution < -0.4 is 4.90 Å². The van der Waals surface area contributed by atoms with Crippen LogP contribution in [-0.4, -0.2) is 32.5 Å². The number of aromatic hydroxyl groups is 1. The highest BCUT2D eigenvalue weighted by atomic mass is 16.3. The molecule has 0 spiro atoms. The first-order chi connectivity index (χ1) is 11.0. The first-order valence-corrected chi connectivity index (χ1v) is 8.98. The van der Waals surface area contributed by atoms with Gasteiger partial charge in [-0.2, -0.15) is 0 Å². The third kappa shape index (κ3) is 2.36. The van der Waals surface area contributed by atoms with Crippen molar-refractivity contribution >= 4 is 11.9 Å². The van der Waals surface area contributed by atoms with E-state index in [1.54, 1.807) is 13.3 Å². The van der Waals surface area contributed by atoms with E-state index in [-0.39, 0.29) is 5.41 Å². The molecular formula is C20H28N2O. The molecule has 4 fully saturated rings. The Labute approximate surface area is 139 Å². The number of hydrogen-bond acceptors (Lipinski definition) is 3. The van der Waals surface area contributed by atoms with Gasteiger partial charge in [-0.3, -0.25) is 4.99 Å². The van der Waals surface area contributed by atoms with Gasteiger partial charge in [0.25, 0.3) is 0 Å². The Hall–Kier alpha value is -1.51. The van der Waals surface area contributed by atoms with Gasteiger partial charge in [0.1, 0.15) is 5.75 Å². The quantitative estimate of drug-likeness (QED) is 0.857. The fraction of sp³-hybridized carbons (Fsp3) is 0.650. The van der Waals surface area contributed by atoms with Crippen molar-refractivity contribution in [1.82, 2.24) is 0 Å². The average molecular weight is 312 g/mol. The van der Waals surface area contributed by atoms with Crippen LogP contribution in [0.1, 0.15) is 49.7 Å². The number of nitrogens with zero attached hydrogens (tertiary/aromatic N) is 2. The van der Waals surface area contributed by atoms with Crippen LogP contribution in [0, 0.1) is 17.8 Å². The van der Waals surface area contributed by atoms with E-state index in [2.05, 4.69) is 30.1 Å². The first-order valence-electron chi connectivity index (χ1n) is 8.98. The number of aliphatic imine (C=N–C) groups is 1. The molecule has 0 radical (unpaired) electrons. The molecule has 124 valence electrons. The van der Waals surface area contributed by atoms with Crippen molar-refractivity contribution in [3.63, 3.8) is 0 Å². The van der Waals surface area contributed by atoms with E-state index in [0.717, 1.165) is 23.3 Å². The van der Waals surface area contributed by atoms with Crippen LogP contribution in [0.4, 0.5) is 5.69 Å². The maximum atomic E-state index is 11.0. The van der Waals surface area contributed by atoms with Gasteiger partial charge >= 0.3 is 0 Å². The highest BCUT2D eigenvalue weighted by molar-refractivity contribution is 5.86. The molecule has 1 aromatic rings. The SMILES string of the molecule is CN=Cc1cc(N(C)C)cc(C23CC4CC(CC(C4)C2)C3)c1O. The van der Waals surface area contributed by atoms with Gasteiger partial charge < -0.3 is 10.0 Å². The minimum absolute atomic E-state index is 0.210. The Balaban J connectivity index is 1.84. The Morgan fingerprint density at radius 2 is 1.65 bits per heavy atom. The summed E-state index contributed by atoms with van der Waals surface area (Å²) in [5.74, 6) is 3.12. The third-order valence-corrected chi connectivity index (χ3v) is 6.52. The summed E-state index contributed by atoms with van der Waals surface area (Å²) in [6, 6.07) is 4.29. The highest BCUT2D eigenvalue weighted by Crippen LogP contribution is 2.62. The van der Waals surface area contributed by atoms with E-state index in [1.807, 2.05) is 6.07 Å². The third-order valence-electron chi connectivity index (χ3n) is 6.52. The fourth-order valence-electron chi connectivity index (χ4n) is 5.98. The lowest BCUT2D eigenvalue weighted by Gasteiger charge is -2.57. The molecule has 4 aliphatic carbocycles. The Bertz CT molecular complexity index is 612. The second-order valence-electron chi connectivity index (χ2n) is 8.41. The molecule has 1 N–H and O–H groups in total. The molecule has 0 amide bonds. The molecule has 4 bridgehead atoms. The summed E-state index contributed by atoms with van der Waals surface area (Å²) >= 11 is 0. The number of anilines is 1. The van der Waals surface area contributed by atoms with Crippen LogP contribution in [0.5, 0.6) is 5.75 Å². The summed E-state index contributed by atoms with van der Waals surface area (Å²) in [4.78, 5) is 6.29. The summed E-state index contributed by atoms with van der Waals surface area (Å²) in [7, 11) is 5.91. The standard InChI is InChI=1S/C20H28N2O/c1-21-12-16-7-17(22(2)3)8-18(19(16)23)20-9-13-4-14(10-20)6-15(5-13)11-20/h7-8,12-15,23H,4-6,9-11H2,1-3H3. The minimum Gasteiger partial charge on any atom is -0.507 e. The molecular weight excluding hydrogens is 284 g/mol. The zero-order valence-corrected chi connectivity index (χ0v) is 14.5. The summed E-state index contributed by atoms with van der Waals surface area (Å²) in [6.45, 7) is 0. The van der Waals surface area contributed by atoms with E-state index >= 15 is 0 Å². The molecule has 0 heterocycles. The largest absolute Gasteiger partial charge is 0.507 e. The average Bonchev–Trinajstić information content (AvgIpc) is 2.47. The Morgan fingerprint density at radius 3 is 2.13 bits per heavy atom. The van der Waals surface area contributed by atoms with Crippen molar-refractivity contribution in [3.05, 3.63) is 23.3 Å². The molecule has 0 saturated heterocycles. The van der Waals surface area contributed by atoms with E-state index in [9.17, 15) is 5.11 Å². The minimum atomic E-state index is 0.210. The van der Waals surface area contributed by atoms with E-state index in [1.165, 1.54) is 49.8 Å². The Kier molecular flexibility index (Phi) is 3.44. The zero-order valence-electron chi connectivity index (χ0n) is 14.5. The summed E-state index contributed by atoms with van der Waals surface area (Å²) < 4.78 is 0. The van der Waals surface area contributed by atoms with Gasteiger partial charge in [0, 0.05) is 44.2 Å². The molecule has 3 heteroatoms. The normalized spacial score (nSPS) is 35.2. The van der Waals surface area contributed by atoms with Crippen molar-refractivity contribution in [2.24, 2.45) is 22.7 Å². The van der Waals surface area contributed by atoms with Crippen LogP contribution in [0.3, 0.4) is 0 Å². The lowest BCUT2D eigenvalue weighted by Crippen LogP contribution is -2.48. The molecule has 3 nitrogen and oxygen atoms in total. The van der Waals surface area contributed by atoms with Crippen molar-refractivity contribution in [1.29, 1.82) is 0 Å².